The SMILES string of the molecule is CCOC(=O)Cc1ncc(C)c(OC)c1OC(F)(F)F. The predicted octanol–water partition coefficient (Wildman–Crippen LogP) is 2.40. The van der Waals surface area contributed by atoms with Crippen molar-refractivity contribution < 1.29 is 32.2 Å². The molecule has 0 aliphatic carbocycles. The molecule has 1 aromatic heterocycles. The summed E-state index contributed by atoms with van der Waals surface area (Å²) < 4.78 is 50.8. The lowest BCUT2D eigenvalue weighted by molar-refractivity contribution is -0.275. The number of hydrogen-bond donors (Lipinski definition) is 0. The Morgan fingerprint density at radius 2 is 2.00 bits per heavy atom. The fraction of sp³-hybridized carbons (Fsp3) is 0.500. The zero-order chi connectivity index (χ0) is 15.3. The number of ether oxygens (including phenoxy) is 3. The number of pyridine rings is 1. The molecule has 0 unspecified atom stereocenters. The molecule has 5 nitrogen and oxygen atoms in total. The molecular weight excluding hydrogens is 279 g/mol. The maximum absolute atomic E-state index is 12.4. The van der Waals surface area contributed by atoms with Gasteiger partial charge in [0, 0.05) is 11.8 Å². The summed E-state index contributed by atoms with van der Waals surface area (Å²) in [4.78, 5) is 15.2. The lowest BCUT2D eigenvalue weighted by Gasteiger charge is -2.16. The number of aryl methyl sites for hydroxylation is 1. The van der Waals surface area contributed by atoms with Crippen LogP contribution in [-0.4, -0.2) is 31.0 Å². The number of hydrogen-bond acceptors (Lipinski definition) is 5. The van der Waals surface area contributed by atoms with E-state index in [1.807, 2.05) is 0 Å². The number of esters is 1. The molecule has 0 N–H and O–H groups in total. The number of aromatic nitrogens is 1. The zero-order valence-electron chi connectivity index (χ0n) is 11.2. The summed E-state index contributed by atoms with van der Waals surface area (Å²) in [5.74, 6) is -1.43. The fourth-order valence-electron chi connectivity index (χ4n) is 1.55. The van der Waals surface area contributed by atoms with E-state index in [1.54, 1.807) is 6.92 Å². The molecule has 0 radical (unpaired) electrons. The first-order valence-electron chi connectivity index (χ1n) is 5.72. The second kappa shape index (κ2) is 6.44. The van der Waals surface area contributed by atoms with E-state index in [0.29, 0.717) is 5.56 Å². The minimum Gasteiger partial charge on any atom is -0.492 e. The van der Waals surface area contributed by atoms with Crippen molar-refractivity contribution in [2.75, 3.05) is 13.7 Å². The van der Waals surface area contributed by atoms with Gasteiger partial charge in [-0.1, -0.05) is 0 Å². The van der Waals surface area contributed by atoms with E-state index >= 15 is 0 Å². The number of methoxy groups -OCH3 is 1. The average Bonchev–Trinajstić information content (AvgIpc) is 2.31. The van der Waals surface area contributed by atoms with Crippen molar-refractivity contribution in [1.82, 2.24) is 4.98 Å². The largest absolute Gasteiger partial charge is 0.573 e. The van der Waals surface area contributed by atoms with Gasteiger partial charge in [0.25, 0.3) is 0 Å². The lowest BCUT2D eigenvalue weighted by Crippen LogP contribution is -2.20. The van der Waals surface area contributed by atoms with Crippen molar-refractivity contribution in [3.63, 3.8) is 0 Å². The van der Waals surface area contributed by atoms with E-state index in [0.717, 1.165) is 0 Å². The van der Waals surface area contributed by atoms with Gasteiger partial charge in [0.1, 0.15) is 0 Å². The van der Waals surface area contributed by atoms with E-state index in [9.17, 15) is 18.0 Å². The Labute approximate surface area is 113 Å². The summed E-state index contributed by atoms with van der Waals surface area (Å²) >= 11 is 0. The van der Waals surface area contributed by atoms with Crippen molar-refractivity contribution in [1.29, 1.82) is 0 Å². The summed E-state index contributed by atoms with van der Waals surface area (Å²) in [6.07, 6.45) is -4.04. The Morgan fingerprint density at radius 1 is 1.35 bits per heavy atom. The molecule has 0 aromatic carbocycles. The summed E-state index contributed by atoms with van der Waals surface area (Å²) in [6.45, 7) is 3.23. The van der Waals surface area contributed by atoms with Gasteiger partial charge in [-0.15, -0.1) is 13.2 Å². The Bertz CT molecular complexity index is 488. The van der Waals surface area contributed by atoms with Gasteiger partial charge in [-0.2, -0.15) is 0 Å². The molecule has 0 fully saturated rings. The molecule has 0 amide bonds. The Kier molecular flexibility index (Phi) is 5.18. The molecule has 0 bridgehead atoms. The van der Waals surface area contributed by atoms with Crippen molar-refractivity contribution in [2.45, 2.75) is 26.6 Å². The van der Waals surface area contributed by atoms with E-state index in [4.69, 9.17) is 4.74 Å². The van der Waals surface area contributed by atoms with Crippen LogP contribution in [0.3, 0.4) is 0 Å². The molecule has 1 rings (SSSR count). The van der Waals surface area contributed by atoms with Crippen molar-refractivity contribution >= 4 is 5.97 Å². The van der Waals surface area contributed by atoms with Gasteiger partial charge in [-0.25, -0.2) is 0 Å². The maximum Gasteiger partial charge on any atom is 0.573 e. The Hall–Kier alpha value is -1.99. The van der Waals surface area contributed by atoms with Crippen LogP contribution in [0, 0.1) is 6.92 Å². The highest BCUT2D eigenvalue weighted by Crippen LogP contribution is 2.37. The number of halogens is 3. The van der Waals surface area contributed by atoms with E-state index in [1.165, 1.54) is 20.2 Å². The second-order valence-corrected chi connectivity index (χ2v) is 3.78. The molecule has 0 saturated heterocycles. The molecule has 112 valence electrons. The minimum atomic E-state index is -4.91. The first kappa shape index (κ1) is 16.1. The van der Waals surface area contributed by atoms with Crippen LogP contribution in [0.1, 0.15) is 18.2 Å². The quantitative estimate of drug-likeness (QED) is 0.780. The van der Waals surface area contributed by atoms with Crippen LogP contribution in [0.25, 0.3) is 0 Å². The van der Waals surface area contributed by atoms with Gasteiger partial charge in [0.2, 0.25) is 0 Å². The highest BCUT2D eigenvalue weighted by molar-refractivity contribution is 5.73. The van der Waals surface area contributed by atoms with Gasteiger partial charge in [-0.3, -0.25) is 9.78 Å². The normalized spacial score (nSPS) is 11.1. The number of rotatable bonds is 5. The monoisotopic (exact) mass is 293 g/mol. The van der Waals surface area contributed by atoms with Crippen molar-refractivity contribution in [3.05, 3.63) is 17.5 Å². The van der Waals surface area contributed by atoms with Crippen LogP contribution in [0.2, 0.25) is 0 Å². The fourth-order valence-corrected chi connectivity index (χ4v) is 1.55. The van der Waals surface area contributed by atoms with E-state index in [2.05, 4.69) is 14.5 Å². The molecular formula is C12H14F3NO4. The first-order valence-corrected chi connectivity index (χ1v) is 5.72. The summed E-state index contributed by atoms with van der Waals surface area (Å²) in [6, 6.07) is 0. The molecule has 20 heavy (non-hydrogen) atoms. The van der Waals surface area contributed by atoms with Crippen LogP contribution in [0.5, 0.6) is 11.5 Å². The van der Waals surface area contributed by atoms with Gasteiger partial charge in [0.05, 0.1) is 25.8 Å². The minimum absolute atomic E-state index is 0.114. The van der Waals surface area contributed by atoms with E-state index in [-0.39, 0.29) is 18.1 Å². The molecule has 0 saturated carbocycles. The van der Waals surface area contributed by atoms with Crippen LogP contribution in [0.4, 0.5) is 13.2 Å². The standard InChI is InChI=1S/C12H14F3NO4/c1-4-19-9(17)5-8-11(20-12(13,14)15)10(18-3)7(2)6-16-8/h6H,4-5H2,1-3H3. The average molecular weight is 293 g/mol. The number of carbonyl (C=O) groups is 1. The van der Waals surface area contributed by atoms with Gasteiger partial charge in [-0.05, 0) is 13.8 Å². The lowest BCUT2D eigenvalue weighted by atomic mass is 10.2. The summed E-state index contributed by atoms with van der Waals surface area (Å²) in [5, 5.41) is 0. The van der Waals surface area contributed by atoms with Gasteiger partial charge < -0.3 is 14.2 Å². The van der Waals surface area contributed by atoms with E-state index < -0.39 is 24.5 Å². The molecule has 0 aliphatic rings. The Balaban J connectivity index is 3.18. The predicted molar refractivity (Wildman–Crippen MR) is 62.5 cm³/mol. The van der Waals surface area contributed by atoms with Crippen LogP contribution in [0.15, 0.2) is 6.20 Å². The molecule has 1 heterocycles. The molecule has 8 heteroatoms. The van der Waals surface area contributed by atoms with Gasteiger partial charge >= 0.3 is 12.3 Å². The number of carbonyl (C=O) groups excluding carboxylic acids is 1. The summed E-state index contributed by atoms with van der Waals surface area (Å²) in [7, 11) is 1.21. The van der Waals surface area contributed by atoms with Crippen LogP contribution in [-0.2, 0) is 16.0 Å². The highest BCUT2D eigenvalue weighted by Gasteiger charge is 2.35. The number of alkyl halides is 3. The molecule has 0 spiro atoms. The highest BCUT2D eigenvalue weighted by atomic mass is 19.4. The third kappa shape index (κ3) is 4.29. The Morgan fingerprint density at radius 3 is 2.50 bits per heavy atom. The smallest absolute Gasteiger partial charge is 0.492 e. The third-order valence-corrected chi connectivity index (χ3v) is 2.28. The van der Waals surface area contributed by atoms with Crippen molar-refractivity contribution in [3.8, 4) is 11.5 Å². The second-order valence-electron chi connectivity index (χ2n) is 3.78. The maximum atomic E-state index is 12.4. The van der Waals surface area contributed by atoms with Crippen LogP contribution < -0.4 is 9.47 Å². The van der Waals surface area contributed by atoms with Gasteiger partial charge in [0.15, 0.2) is 11.5 Å². The summed E-state index contributed by atoms with van der Waals surface area (Å²) in [5.41, 5.74) is 0.169. The third-order valence-electron chi connectivity index (χ3n) is 2.28. The molecule has 0 aliphatic heterocycles. The number of nitrogens with zero attached hydrogens (tertiary/aromatic N) is 1. The van der Waals surface area contributed by atoms with Crippen molar-refractivity contribution in [2.24, 2.45) is 0 Å². The van der Waals surface area contributed by atoms with Crippen LogP contribution >= 0.6 is 0 Å². The molecule has 0 atom stereocenters. The first-order chi connectivity index (χ1) is 9.28. The molecule has 1 aromatic rings. The zero-order valence-corrected chi connectivity index (χ0v) is 11.2. The topological polar surface area (TPSA) is 57.7 Å².